The number of amides is 1. The topological polar surface area (TPSA) is 68.3 Å². The van der Waals surface area contributed by atoms with E-state index in [1.54, 1.807) is 18.2 Å². The highest BCUT2D eigenvalue weighted by Gasteiger charge is 2.34. The van der Waals surface area contributed by atoms with Crippen molar-refractivity contribution in [3.63, 3.8) is 0 Å². The summed E-state index contributed by atoms with van der Waals surface area (Å²) in [4.78, 5) is 12.4. The lowest BCUT2D eigenvalue weighted by atomic mass is 9.69. The maximum absolute atomic E-state index is 13.7. The van der Waals surface area contributed by atoms with Gasteiger partial charge in [0.15, 0.2) is 0 Å². The van der Waals surface area contributed by atoms with Gasteiger partial charge in [0.1, 0.15) is 17.8 Å². The maximum Gasteiger partial charge on any atom is 0.254 e. The van der Waals surface area contributed by atoms with Crippen LogP contribution in [-0.2, 0) is 12.0 Å². The van der Waals surface area contributed by atoms with Crippen LogP contribution in [0.3, 0.4) is 0 Å². The Labute approximate surface area is 141 Å². The van der Waals surface area contributed by atoms with E-state index in [-0.39, 0.29) is 23.7 Å². The summed E-state index contributed by atoms with van der Waals surface area (Å²) in [7, 11) is 0. The Balaban J connectivity index is 1.76. The first-order valence-electron chi connectivity index (χ1n) is 8.45. The number of hydrogen-bond donors (Lipinski definition) is 2. The van der Waals surface area contributed by atoms with Crippen molar-refractivity contribution >= 4 is 5.91 Å². The molecule has 1 amide bonds. The number of carbonyl (C=O) groups is 1. The van der Waals surface area contributed by atoms with Gasteiger partial charge in [-0.25, -0.2) is 4.39 Å². The van der Waals surface area contributed by atoms with Crippen molar-refractivity contribution in [2.24, 2.45) is 5.73 Å². The lowest BCUT2D eigenvalue weighted by Crippen LogP contribution is -2.42. The zero-order valence-corrected chi connectivity index (χ0v) is 13.7. The fourth-order valence-corrected chi connectivity index (χ4v) is 3.57. The minimum Gasteiger partial charge on any atom is -0.467 e. The average Bonchev–Trinajstić information content (AvgIpc) is 3.10. The first kappa shape index (κ1) is 16.7. The van der Waals surface area contributed by atoms with Crippen LogP contribution in [0.15, 0.2) is 41.0 Å². The quantitative estimate of drug-likeness (QED) is 0.881. The van der Waals surface area contributed by atoms with E-state index < -0.39 is 0 Å². The van der Waals surface area contributed by atoms with Crippen molar-refractivity contribution in [3.8, 4) is 0 Å². The molecule has 0 spiro atoms. The van der Waals surface area contributed by atoms with Crippen LogP contribution < -0.4 is 11.1 Å². The number of nitrogens with one attached hydrogen (secondary N) is 1. The van der Waals surface area contributed by atoms with E-state index in [2.05, 4.69) is 5.32 Å². The molecule has 24 heavy (non-hydrogen) atoms. The zero-order chi connectivity index (χ0) is 17.0. The molecule has 1 aliphatic carbocycles. The Morgan fingerprint density at radius 1 is 1.25 bits per heavy atom. The molecule has 128 valence electrons. The van der Waals surface area contributed by atoms with E-state index in [0.29, 0.717) is 17.9 Å². The van der Waals surface area contributed by atoms with Gasteiger partial charge in [-0.2, -0.15) is 0 Å². The predicted octanol–water partition coefficient (Wildman–Crippen LogP) is 3.51. The van der Waals surface area contributed by atoms with Gasteiger partial charge >= 0.3 is 0 Å². The molecule has 1 heterocycles. The first-order chi connectivity index (χ1) is 11.6. The third-order valence-corrected chi connectivity index (χ3v) is 4.95. The highest BCUT2D eigenvalue weighted by Crippen LogP contribution is 2.39. The molecule has 1 aliphatic rings. The van der Waals surface area contributed by atoms with Gasteiger partial charge in [-0.1, -0.05) is 31.4 Å². The van der Waals surface area contributed by atoms with Gasteiger partial charge in [0, 0.05) is 12.0 Å². The Kier molecular flexibility index (Phi) is 5.00. The van der Waals surface area contributed by atoms with Crippen LogP contribution in [0, 0.1) is 5.82 Å². The maximum atomic E-state index is 13.7. The van der Waals surface area contributed by atoms with Crippen molar-refractivity contribution in [1.82, 2.24) is 5.32 Å². The molecular weight excluding hydrogens is 307 g/mol. The molecule has 3 N–H and O–H groups in total. The largest absolute Gasteiger partial charge is 0.467 e. The normalized spacial score (nSPS) is 16.8. The minimum atomic E-state index is -0.230. The lowest BCUT2D eigenvalue weighted by molar-refractivity contribution is 0.0936. The Morgan fingerprint density at radius 3 is 2.71 bits per heavy atom. The monoisotopic (exact) mass is 330 g/mol. The molecular formula is C19H23FN2O2. The van der Waals surface area contributed by atoms with Gasteiger partial charge in [-0.15, -0.1) is 0 Å². The molecule has 1 saturated carbocycles. The van der Waals surface area contributed by atoms with Crippen LogP contribution >= 0.6 is 0 Å². The second-order valence-electron chi connectivity index (χ2n) is 6.54. The summed E-state index contributed by atoms with van der Waals surface area (Å²) in [5.74, 6) is 0.170. The van der Waals surface area contributed by atoms with E-state index >= 15 is 0 Å². The zero-order valence-electron chi connectivity index (χ0n) is 13.7. The number of halogens is 1. The highest BCUT2D eigenvalue weighted by molar-refractivity contribution is 5.94. The molecule has 1 aromatic carbocycles. The van der Waals surface area contributed by atoms with Gasteiger partial charge < -0.3 is 15.5 Å². The van der Waals surface area contributed by atoms with Crippen LogP contribution in [-0.4, -0.2) is 12.5 Å². The number of carbonyl (C=O) groups excluding carboxylic acids is 1. The van der Waals surface area contributed by atoms with Gasteiger partial charge in [-0.3, -0.25) is 4.79 Å². The number of benzene rings is 1. The van der Waals surface area contributed by atoms with Crippen molar-refractivity contribution in [1.29, 1.82) is 0 Å². The standard InChI is InChI=1S/C19H23FN2O2/c20-16-6-4-5-15(10-16)19(7-2-1-3-8-19)13-22-18(23)14-9-17(11-21)24-12-14/h4-6,9-10,12H,1-3,7-8,11,13,21H2,(H,22,23). The number of furan rings is 1. The van der Waals surface area contributed by atoms with Crippen LogP contribution in [0.5, 0.6) is 0 Å². The van der Waals surface area contributed by atoms with E-state index in [0.717, 1.165) is 31.2 Å². The molecule has 0 aliphatic heterocycles. The lowest BCUT2D eigenvalue weighted by Gasteiger charge is -2.38. The summed E-state index contributed by atoms with van der Waals surface area (Å²) in [6.45, 7) is 0.763. The van der Waals surface area contributed by atoms with Crippen molar-refractivity contribution in [2.45, 2.75) is 44.1 Å². The van der Waals surface area contributed by atoms with E-state index in [4.69, 9.17) is 10.2 Å². The number of rotatable bonds is 5. The molecule has 3 rings (SSSR count). The summed E-state index contributed by atoms with van der Waals surface area (Å²) < 4.78 is 18.9. The highest BCUT2D eigenvalue weighted by atomic mass is 19.1. The number of nitrogens with two attached hydrogens (primary N) is 1. The van der Waals surface area contributed by atoms with Crippen LogP contribution in [0.4, 0.5) is 4.39 Å². The molecule has 4 nitrogen and oxygen atoms in total. The van der Waals surface area contributed by atoms with Gasteiger partial charge in [0.2, 0.25) is 0 Å². The van der Waals surface area contributed by atoms with Crippen LogP contribution in [0.25, 0.3) is 0 Å². The van der Waals surface area contributed by atoms with E-state index in [1.807, 2.05) is 6.07 Å². The molecule has 0 atom stereocenters. The molecule has 1 fully saturated rings. The number of hydrogen-bond acceptors (Lipinski definition) is 3. The van der Waals surface area contributed by atoms with E-state index in [9.17, 15) is 9.18 Å². The van der Waals surface area contributed by atoms with E-state index in [1.165, 1.54) is 18.8 Å². The summed E-state index contributed by atoms with van der Waals surface area (Å²) in [5, 5.41) is 3.00. The minimum absolute atomic E-state index is 0.181. The van der Waals surface area contributed by atoms with Gasteiger partial charge in [-0.05, 0) is 36.6 Å². The summed E-state index contributed by atoms with van der Waals surface area (Å²) in [5.41, 5.74) is 6.75. The molecule has 1 aromatic heterocycles. The fourth-order valence-electron chi connectivity index (χ4n) is 3.57. The van der Waals surface area contributed by atoms with Crippen molar-refractivity contribution in [2.75, 3.05) is 6.54 Å². The molecule has 0 unspecified atom stereocenters. The summed E-state index contributed by atoms with van der Waals surface area (Å²) in [6, 6.07) is 8.42. The molecule has 0 bridgehead atoms. The van der Waals surface area contributed by atoms with Gasteiger partial charge in [0.25, 0.3) is 5.91 Å². The molecule has 5 heteroatoms. The Hall–Kier alpha value is -2.14. The summed E-state index contributed by atoms with van der Waals surface area (Å²) >= 11 is 0. The second-order valence-corrected chi connectivity index (χ2v) is 6.54. The van der Waals surface area contributed by atoms with Crippen molar-refractivity contribution in [3.05, 3.63) is 59.3 Å². The molecule has 0 saturated heterocycles. The summed E-state index contributed by atoms with van der Waals surface area (Å²) in [6.07, 6.45) is 6.71. The third kappa shape index (κ3) is 3.51. The average molecular weight is 330 g/mol. The second kappa shape index (κ2) is 7.18. The molecule has 0 radical (unpaired) electrons. The van der Waals surface area contributed by atoms with Gasteiger partial charge in [0.05, 0.1) is 12.1 Å². The van der Waals surface area contributed by atoms with Crippen LogP contribution in [0.2, 0.25) is 0 Å². The SMILES string of the molecule is NCc1cc(C(=O)NCC2(c3cccc(F)c3)CCCCC2)co1. The van der Waals surface area contributed by atoms with Crippen LogP contribution in [0.1, 0.15) is 53.8 Å². The predicted molar refractivity (Wildman–Crippen MR) is 90.1 cm³/mol. The molecule has 2 aromatic rings. The van der Waals surface area contributed by atoms with Crippen molar-refractivity contribution < 1.29 is 13.6 Å². The first-order valence-corrected chi connectivity index (χ1v) is 8.45. The third-order valence-electron chi connectivity index (χ3n) is 4.95. The Morgan fingerprint density at radius 2 is 2.04 bits per heavy atom. The smallest absolute Gasteiger partial charge is 0.254 e. The fraction of sp³-hybridized carbons (Fsp3) is 0.421. The Bertz CT molecular complexity index is 705.